The van der Waals surface area contributed by atoms with Gasteiger partial charge in [-0.25, -0.2) is 10.2 Å². The molecular weight excluding hydrogens is 353 g/mol. The lowest BCUT2D eigenvalue weighted by Crippen LogP contribution is -2.27. The number of carbonyl (C=O) groups is 1. The van der Waals surface area contributed by atoms with Crippen molar-refractivity contribution in [1.82, 2.24) is 9.99 Å². The van der Waals surface area contributed by atoms with Crippen LogP contribution in [0.4, 0.5) is 0 Å². The first-order chi connectivity index (χ1) is 11.5. The Morgan fingerprint density at radius 3 is 2.83 bits per heavy atom. The summed E-state index contributed by atoms with van der Waals surface area (Å²) in [4.78, 5) is 23.8. The molecule has 8 heteroatoms. The molecular formula is C16H11Cl2N3O3. The number of oxazole rings is 1. The number of hydrogen-bond acceptors (Lipinski definition) is 4. The molecule has 0 spiro atoms. The summed E-state index contributed by atoms with van der Waals surface area (Å²) >= 11 is 11.9. The predicted octanol–water partition coefficient (Wildman–Crippen LogP) is 3.05. The second kappa shape index (κ2) is 6.90. The van der Waals surface area contributed by atoms with Crippen molar-refractivity contribution in [2.75, 3.05) is 0 Å². The van der Waals surface area contributed by atoms with Gasteiger partial charge in [-0.3, -0.25) is 9.36 Å². The van der Waals surface area contributed by atoms with Crippen LogP contribution in [0.15, 0.2) is 56.8 Å². The van der Waals surface area contributed by atoms with E-state index in [1.54, 1.807) is 42.5 Å². The molecule has 3 aromatic rings. The Morgan fingerprint density at radius 1 is 1.25 bits per heavy atom. The van der Waals surface area contributed by atoms with E-state index in [-0.39, 0.29) is 6.54 Å². The Labute approximate surface area is 146 Å². The lowest BCUT2D eigenvalue weighted by Gasteiger charge is -2.02. The molecule has 0 aliphatic carbocycles. The van der Waals surface area contributed by atoms with E-state index in [4.69, 9.17) is 27.6 Å². The Balaban J connectivity index is 1.74. The molecule has 1 N–H and O–H groups in total. The van der Waals surface area contributed by atoms with Crippen molar-refractivity contribution in [1.29, 1.82) is 0 Å². The molecule has 0 saturated carbocycles. The predicted molar refractivity (Wildman–Crippen MR) is 92.7 cm³/mol. The van der Waals surface area contributed by atoms with Gasteiger partial charge in [-0.05, 0) is 24.3 Å². The maximum absolute atomic E-state index is 12.0. The average Bonchev–Trinajstić information content (AvgIpc) is 2.85. The number of hydrazone groups is 1. The first-order valence-corrected chi connectivity index (χ1v) is 7.65. The van der Waals surface area contributed by atoms with E-state index < -0.39 is 11.7 Å². The van der Waals surface area contributed by atoms with E-state index >= 15 is 0 Å². The van der Waals surface area contributed by atoms with Crippen LogP contribution >= 0.6 is 23.2 Å². The maximum atomic E-state index is 12.0. The zero-order valence-corrected chi connectivity index (χ0v) is 13.7. The first-order valence-electron chi connectivity index (χ1n) is 6.90. The van der Waals surface area contributed by atoms with Crippen LogP contribution in [-0.2, 0) is 11.3 Å². The number of carbonyl (C=O) groups excluding carboxylic acids is 1. The zero-order valence-electron chi connectivity index (χ0n) is 12.2. The monoisotopic (exact) mass is 363 g/mol. The van der Waals surface area contributed by atoms with E-state index in [9.17, 15) is 9.59 Å². The number of benzene rings is 2. The second-order valence-electron chi connectivity index (χ2n) is 4.88. The van der Waals surface area contributed by atoms with Crippen molar-refractivity contribution in [2.24, 2.45) is 5.10 Å². The first kappa shape index (κ1) is 16.3. The quantitative estimate of drug-likeness (QED) is 0.571. The summed E-state index contributed by atoms with van der Waals surface area (Å²) in [5.74, 6) is -1.12. The molecule has 3 rings (SSSR count). The van der Waals surface area contributed by atoms with Crippen molar-refractivity contribution < 1.29 is 9.21 Å². The molecule has 0 fully saturated rings. The van der Waals surface area contributed by atoms with Gasteiger partial charge in [0, 0.05) is 15.6 Å². The summed E-state index contributed by atoms with van der Waals surface area (Å²) in [5.41, 5.74) is 3.81. The number of aromatic nitrogens is 1. The van der Waals surface area contributed by atoms with Crippen LogP contribution in [0.3, 0.4) is 0 Å². The Hall–Kier alpha value is -2.57. The molecule has 1 heterocycles. The molecule has 0 bridgehead atoms. The summed E-state index contributed by atoms with van der Waals surface area (Å²) in [6.07, 6.45) is 1.42. The molecule has 0 radical (unpaired) electrons. The van der Waals surface area contributed by atoms with Crippen molar-refractivity contribution in [3.63, 3.8) is 0 Å². The van der Waals surface area contributed by atoms with E-state index in [2.05, 4.69) is 10.5 Å². The Bertz CT molecular complexity index is 992. The number of amides is 1. The van der Waals surface area contributed by atoms with E-state index in [1.165, 1.54) is 10.8 Å². The Kier molecular flexibility index (Phi) is 4.69. The van der Waals surface area contributed by atoms with E-state index in [0.29, 0.717) is 26.7 Å². The number of nitrogens with one attached hydrogen (secondary N) is 1. The number of halogens is 2. The van der Waals surface area contributed by atoms with Gasteiger partial charge in [-0.15, -0.1) is 0 Å². The van der Waals surface area contributed by atoms with Gasteiger partial charge in [0.15, 0.2) is 5.58 Å². The van der Waals surface area contributed by atoms with Crippen molar-refractivity contribution in [2.45, 2.75) is 6.54 Å². The third kappa shape index (κ3) is 3.50. The Morgan fingerprint density at radius 2 is 2.04 bits per heavy atom. The molecule has 2 aromatic carbocycles. The van der Waals surface area contributed by atoms with Crippen LogP contribution in [0.25, 0.3) is 11.1 Å². The minimum Gasteiger partial charge on any atom is -0.408 e. The second-order valence-corrected chi connectivity index (χ2v) is 5.72. The third-order valence-electron chi connectivity index (χ3n) is 3.23. The summed E-state index contributed by atoms with van der Waals surface area (Å²) in [5, 5.41) is 4.78. The topological polar surface area (TPSA) is 76.6 Å². The fraction of sp³-hybridized carbons (Fsp3) is 0.0625. The van der Waals surface area contributed by atoms with Gasteiger partial charge in [0.05, 0.1) is 11.7 Å². The van der Waals surface area contributed by atoms with Gasteiger partial charge in [0.1, 0.15) is 6.54 Å². The number of fused-ring (bicyclic) bond motifs is 1. The highest BCUT2D eigenvalue weighted by molar-refractivity contribution is 6.33. The van der Waals surface area contributed by atoms with Crippen LogP contribution < -0.4 is 11.2 Å². The van der Waals surface area contributed by atoms with E-state index in [0.717, 1.165) is 0 Å². The summed E-state index contributed by atoms with van der Waals surface area (Å²) in [6, 6.07) is 11.8. The largest absolute Gasteiger partial charge is 0.420 e. The van der Waals surface area contributed by atoms with Crippen LogP contribution in [-0.4, -0.2) is 16.7 Å². The summed E-state index contributed by atoms with van der Waals surface area (Å²) in [7, 11) is 0. The highest BCUT2D eigenvalue weighted by Crippen LogP contribution is 2.18. The zero-order chi connectivity index (χ0) is 17.1. The number of rotatable bonds is 4. The van der Waals surface area contributed by atoms with Gasteiger partial charge in [0.2, 0.25) is 0 Å². The molecule has 1 amide bonds. The normalized spacial score (nSPS) is 11.2. The lowest BCUT2D eigenvalue weighted by molar-refractivity contribution is -0.121. The van der Waals surface area contributed by atoms with E-state index in [1.807, 2.05) is 0 Å². The average molecular weight is 364 g/mol. The molecule has 24 heavy (non-hydrogen) atoms. The minimum atomic E-state index is -0.641. The SMILES string of the molecule is O=C(Cn1c(=O)oc2ccc(Cl)cc21)N/N=C/c1ccccc1Cl. The molecule has 0 atom stereocenters. The summed E-state index contributed by atoms with van der Waals surface area (Å²) < 4.78 is 6.24. The molecule has 122 valence electrons. The van der Waals surface area contributed by atoms with Crippen molar-refractivity contribution in [3.8, 4) is 0 Å². The van der Waals surface area contributed by atoms with Gasteiger partial charge in [0.25, 0.3) is 5.91 Å². The van der Waals surface area contributed by atoms with Crippen molar-refractivity contribution >= 4 is 46.4 Å². The molecule has 0 saturated heterocycles. The number of hydrogen-bond donors (Lipinski definition) is 1. The van der Waals surface area contributed by atoms with Crippen LogP contribution in [0.5, 0.6) is 0 Å². The smallest absolute Gasteiger partial charge is 0.408 e. The minimum absolute atomic E-state index is 0.244. The fourth-order valence-electron chi connectivity index (χ4n) is 2.12. The van der Waals surface area contributed by atoms with Crippen LogP contribution in [0.1, 0.15) is 5.56 Å². The molecule has 0 unspecified atom stereocenters. The van der Waals surface area contributed by atoms with Crippen LogP contribution in [0, 0.1) is 0 Å². The van der Waals surface area contributed by atoms with Crippen molar-refractivity contribution in [3.05, 3.63) is 68.6 Å². The highest BCUT2D eigenvalue weighted by Gasteiger charge is 2.12. The molecule has 1 aromatic heterocycles. The standard InChI is InChI=1S/C16H11Cl2N3O3/c17-11-5-6-14-13(7-11)21(16(23)24-14)9-15(22)20-19-8-10-3-1-2-4-12(10)18/h1-8H,9H2,(H,20,22)/b19-8+. The summed E-state index contributed by atoms with van der Waals surface area (Å²) in [6.45, 7) is -0.244. The maximum Gasteiger partial charge on any atom is 0.420 e. The third-order valence-corrected chi connectivity index (χ3v) is 3.81. The number of nitrogens with zero attached hydrogens (tertiary/aromatic N) is 2. The fourth-order valence-corrected chi connectivity index (χ4v) is 2.47. The lowest BCUT2D eigenvalue weighted by atomic mass is 10.2. The molecule has 0 aliphatic heterocycles. The highest BCUT2D eigenvalue weighted by atomic mass is 35.5. The van der Waals surface area contributed by atoms with Crippen LogP contribution in [0.2, 0.25) is 10.0 Å². The van der Waals surface area contributed by atoms with Gasteiger partial charge < -0.3 is 4.42 Å². The van der Waals surface area contributed by atoms with Gasteiger partial charge >= 0.3 is 5.76 Å². The molecule has 0 aliphatic rings. The molecule has 6 nitrogen and oxygen atoms in total. The van der Waals surface area contributed by atoms with Gasteiger partial charge in [-0.1, -0.05) is 41.4 Å². The van der Waals surface area contributed by atoms with Gasteiger partial charge in [-0.2, -0.15) is 5.10 Å².